The number of hydrogen-bond donors (Lipinski definition) is 1. The van der Waals surface area contributed by atoms with E-state index in [-0.39, 0.29) is 17.7 Å². The van der Waals surface area contributed by atoms with E-state index in [1.807, 2.05) is 30.3 Å². The number of nitrogens with one attached hydrogen (secondary N) is 1. The van der Waals surface area contributed by atoms with Gasteiger partial charge in [-0.2, -0.15) is 0 Å². The molecule has 2 aromatic carbocycles. The van der Waals surface area contributed by atoms with Gasteiger partial charge in [0, 0.05) is 29.9 Å². The van der Waals surface area contributed by atoms with Crippen molar-refractivity contribution in [2.75, 3.05) is 17.3 Å². The number of carbonyl (C=O) groups is 2. The van der Waals surface area contributed by atoms with E-state index in [0.717, 1.165) is 18.5 Å². The average molecular weight is 294 g/mol. The third kappa shape index (κ3) is 3.17. The lowest BCUT2D eigenvalue weighted by Gasteiger charge is -2.17. The second-order valence-electron chi connectivity index (χ2n) is 5.54. The first-order chi connectivity index (χ1) is 10.6. The van der Waals surface area contributed by atoms with Crippen molar-refractivity contribution in [3.05, 3.63) is 60.2 Å². The fourth-order valence-electron chi connectivity index (χ4n) is 2.28. The Morgan fingerprint density at radius 3 is 2.45 bits per heavy atom. The maximum absolute atomic E-state index is 12.5. The summed E-state index contributed by atoms with van der Waals surface area (Å²) in [5, 5.41) is 2.87. The second kappa shape index (κ2) is 6.02. The van der Waals surface area contributed by atoms with Crippen LogP contribution < -0.4 is 10.2 Å². The normalized spacial score (nSPS) is 13.5. The van der Waals surface area contributed by atoms with Crippen LogP contribution in [0.2, 0.25) is 0 Å². The van der Waals surface area contributed by atoms with Gasteiger partial charge in [0.05, 0.1) is 0 Å². The molecule has 1 aliphatic rings. The van der Waals surface area contributed by atoms with E-state index in [9.17, 15) is 9.59 Å². The summed E-state index contributed by atoms with van der Waals surface area (Å²) in [4.78, 5) is 25.9. The predicted molar refractivity (Wildman–Crippen MR) is 87.0 cm³/mol. The van der Waals surface area contributed by atoms with Gasteiger partial charge in [-0.1, -0.05) is 24.3 Å². The minimum absolute atomic E-state index is 0.0426. The standard InChI is InChI=1S/C18H18N2O2/c1-20(16-8-3-2-4-9-16)18(22)14-6-5-7-15(12-14)19-17(21)13-10-11-13/h2-9,12-13H,10-11H2,1H3,(H,19,21). The molecule has 0 atom stereocenters. The zero-order valence-corrected chi connectivity index (χ0v) is 12.5. The Balaban J connectivity index is 1.76. The van der Waals surface area contributed by atoms with Crippen LogP contribution in [0.3, 0.4) is 0 Å². The van der Waals surface area contributed by atoms with Crippen LogP contribution in [-0.2, 0) is 4.79 Å². The summed E-state index contributed by atoms with van der Waals surface area (Å²) in [7, 11) is 1.74. The van der Waals surface area contributed by atoms with E-state index in [4.69, 9.17) is 0 Å². The summed E-state index contributed by atoms with van der Waals surface area (Å²) < 4.78 is 0. The van der Waals surface area contributed by atoms with Gasteiger partial charge in [-0.3, -0.25) is 9.59 Å². The van der Waals surface area contributed by atoms with Gasteiger partial charge in [-0.15, -0.1) is 0 Å². The van der Waals surface area contributed by atoms with E-state index in [1.54, 1.807) is 36.2 Å². The van der Waals surface area contributed by atoms with E-state index in [0.29, 0.717) is 11.3 Å². The van der Waals surface area contributed by atoms with Crippen LogP contribution in [0.4, 0.5) is 11.4 Å². The van der Waals surface area contributed by atoms with E-state index in [1.165, 1.54) is 0 Å². The van der Waals surface area contributed by atoms with Crippen molar-refractivity contribution in [1.82, 2.24) is 0 Å². The zero-order valence-electron chi connectivity index (χ0n) is 12.5. The molecule has 3 rings (SSSR count). The average Bonchev–Trinajstić information content (AvgIpc) is 3.39. The highest BCUT2D eigenvalue weighted by molar-refractivity contribution is 6.06. The minimum Gasteiger partial charge on any atom is -0.326 e. The van der Waals surface area contributed by atoms with Crippen molar-refractivity contribution in [1.29, 1.82) is 0 Å². The Labute approximate surface area is 129 Å². The SMILES string of the molecule is CN(C(=O)c1cccc(NC(=O)C2CC2)c1)c1ccccc1. The smallest absolute Gasteiger partial charge is 0.258 e. The molecule has 2 aromatic rings. The Kier molecular flexibility index (Phi) is 3.92. The lowest BCUT2D eigenvalue weighted by atomic mass is 10.1. The summed E-state index contributed by atoms with van der Waals surface area (Å²) in [5.74, 6) is 0.0843. The van der Waals surface area contributed by atoms with Crippen molar-refractivity contribution in [2.45, 2.75) is 12.8 Å². The van der Waals surface area contributed by atoms with Gasteiger partial charge >= 0.3 is 0 Å². The number of benzene rings is 2. The molecule has 1 saturated carbocycles. The maximum atomic E-state index is 12.5. The molecule has 22 heavy (non-hydrogen) atoms. The zero-order chi connectivity index (χ0) is 15.5. The molecular formula is C18H18N2O2. The van der Waals surface area contributed by atoms with Crippen LogP contribution in [0.15, 0.2) is 54.6 Å². The summed E-state index contributed by atoms with van der Waals surface area (Å²) in [6, 6.07) is 16.5. The van der Waals surface area contributed by atoms with E-state index in [2.05, 4.69) is 5.32 Å². The molecular weight excluding hydrogens is 276 g/mol. The molecule has 0 spiro atoms. The molecule has 0 unspecified atom stereocenters. The molecule has 1 aliphatic carbocycles. The first kappa shape index (κ1) is 14.3. The van der Waals surface area contributed by atoms with Gasteiger partial charge in [0.2, 0.25) is 5.91 Å². The number of nitrogens with zero attached hydrogens (tertiary/aromatic N) is 1. The number of amides is 2. The molecule has 2 amide bonds. The van der Waals surface area contributed by atoms with Gasteiger partial charge in [-0.25, -0.2) is 0 Å². The first-order valence-corrected chi connectivity index (χ1v) is 7.39. The quantitative estimate of drug-likeness (QED) is 0.940. The van der Waals surface area contributed by atoms with Crippen molar-refractivity contribution >= 4 is 23.2 Å². The summed E-state index contributed by atoms with van der Waals surface area (Å²) in [6.07, 6.45) is 1.92. The fraction of sp³-hybridized carbons (Fsp3) is 0.222. The molecule has 0 radical (unpaired) electrons. The minimum atomic E-state index is -0.103. The van der Waals surface area contributed by atoms with Crippen LogP contribution >= 0.6 is 0 Å². The number of para-hydroxylation sites is 1. The van der Waals surface area contributed by atoms with Gasteiger partial charge in [0.25, 0.3) is 5.91 Å². The lowest BCUT2D eigenvalue weighted by molar-refractivity contribution is -0.117. The molecule has 0 bridgehead atoms. The summed E-state index contributed by atoms with van der Waals surface area (Å²) >= 11 is 0. The van der Waals surface area contributed by atoms with Gasteiger partial charge in [0.15, 0.2) is 0 Å². The molecule has 0 saturated heterocycles. The van der Waals surface area contributed by atoms with Crippen LogP contribution in [0, 0.1) is 5.92 Å². The molecule has 112 valence electrons. The Hall–Kier alpha value is -2.62. The lowest BCUT2D eigenvalue weighted by Crippen LogP contribution is -2.26. The Morgan fingerprint density at radius 2 is 1.77 bits per heavy atom. The van der Waals surface area contributed by atoms with E-state index >= 15 is 0 Å². The topological polar surface area (TPSA) is 49.4 Å². The van der Waals surface area contributed by atoms with Gasteiger partial charge in [-0.05, 0) is 43.2 Å². The number of rotatable bonds is 4. The van der Waals surface area contributed by atoms with Crippen molar-refractivity contribution in [3.8, 4) is 0 Å². The molecule has 0 heterocycles. The second-order valence-corrected chi connectivity index (χ2v) is 5.54. The van der Waals surface area contributed by atoms with Crippen molar-refractivity contribution < 1.29 is 9.59 Å². The fourth-order valence-corrected chi connectivity index (χ4v) is 2.28. The highest BCUT2D eigenvalue weighted by atomic mass is 16.2. The third-order valence-electron chi connectivity index (χ3n) is 3.77. The van der Waals surface area contributed by atoms with Gasteiger partial charge in [0.1, 0.15) is 0 Å². The molecule has 1 fully saturated rings. The van der Waals surface area contributed by atoms with Crippen LogP contribution in [0.1, 0.15) is 23.2 Å². The van der Waals surface area contributed by atoms with Crippen LogP contribution in [0.5, 0.6) is 0 Å². The van der Waals surface area contributed by atoms with Crippen LogP contribution in [-0.4, -0.2) is 18.9 Å². The maximum Gasteiger partial charge on any atom is 0.258 e. The first-order valence-electron chi connectivity index (χ1n) is 7.39. The van der Waals surface area contributed by atoms with E-state index < -0.39 is 0 Å². The van der Waals surface area contributed by atoms with Crippen LogP contribution in [0.25, 0.3) is 0 Å². The molecule has 0 aliphatic heterocycles. The predicted octanol–water partition coefficient (Wildman–Crippen LogP) is 3.31. The Bertz CT molecular complexity index is 693. The summed E-state index contributed by atoms with van der Waals surface area (Å²) in [6.45, 7) is 0. The highest BCUT2D eigenvalue weighted by Gasteiger charge is 2.29. The largest absolute Gasteiger partial charge is 0.326 e. The third-order valence-corrected chi connectivity index (χ3v) is 3.77. The summed E-state index contributed by atoms with van der Waals surface area (Å²) in [5.41, 5.74) is 2.06. The number of anilines is 2. The molecule has 0 aromatic heterocycles. The van der Waals surface area contributed by atoms with Crippen molar-refractivity contribution in [3.63, 3.8) is 0 Å². The highest BCUT2D eigenvalue weighted by Crippen LogP contribution is 2.30. The van der Waals surface area contributed by atoms with Crippen molar-refractivity contribution in [2.24, 2.45) is 5.92 Å². The van der Waals surface area contributed by atoms with Gasteiger partial charge < -0.3 is 10.2 Å². The number of hydrogen-bond acceptors (Lipinski definition) is 2. The molecule has 4 nitrogen and oxygen atoms in total. The monoisotopic (exact) mass is 294 g/mol. The number of carbonyl (C=O) groups excluding carboxylic acids is 2. The molecule has 1 N–H and O–H groups in total. The molecule has 4 heteroatoms. The Morgan fingerprint density at radius 1 is 1.05 bits per heavy atom.